The maximum absolute atomic E-state index is 13.7. The second-order valence-corrected chi connectivity index (χ2v) is 8.03. The summed E-state index contributed by atoms with van der Waals surface area (Å²) in [6, 6.07) is 12.7. The molecule has 31 heavy (non-hydrogen) atoms. The van der Waals surface area contributed by atoms with Gasteiger partial charge in [-0.3, -0.25) is 14.5 Å². The van der Waals surface area contributed by atoms with Gasteiger partial charge in [0.2, 0.25) is 0 Å². The number of aliphatic hydroxyl groups excluding tert-OH is 1. The molecular formula is C23H18FN3O4. The Bertz CT molecular complexity index is 1350. The van der Waals surface area contributed by atoms with Gasteiger partial charge >= 0.3 is 0 Å². The third kappa shape index (κ3) is 2.27. The van der Waals surface area contributed by atoms with E-state index < -0.39 is 34.2 Å². The highest BCUT2D eigenvalue weighted by atomic mass is 19.1. The van der Waals surface area contributed by atoms with Crippen LogP contribution in [-0.2, 0) is 10.3 Å². The molecule has 1 fully saturated rings. The van der Waals surface area contributed by atoms with Gasteiger partial charge in [0.05, 0.1) is 17.0 Å². The first-order valence-electron chi connectivity index (χ1n) is 9.79. The second-order valence-electron chi connectivity index (χ2n) is 8.03. The van der Waals surface area contributed by atoms with Gasteiger partial charge in [0.25, 0.3) is 5.91 Å². The molecule has 2 aliphatic rings. The van der Waals surface area contributed by atoms with Crippen LogP contribution in [0.25, 0.3) is 11.0 Å². The number of likely N-dealkylation sites (N-methyl/N-ethyl adjacent to an activating group) is 1. The predicted molar refractivity (Wildman–Crippen MR) is 109 cm³/mol. The van der Waals surface area contributed by atoms with Gasteiger partial charge in [-0.25, -0.2) is 4.39 Å². The normalized spacial score (nSPS) is 26.1. The third-order valence-electron chi connectivity index (χ3n) is 6.68. The summed E-state index contributed by atoms with van der Waals surface area (Å²) in [7, 11) is 1.71. The van der Waals surface area contributed by atoms with E-state index in [1.165, 1.54) is 12.1 Å². The number of hydrogen-bond acceptors (Lipinski definition) is 6. The highest BCUT2D eigenvalue weighted by Crippen LogP contribution is 2.61. The lowest BCUT2D eigenvalue weighted by Gasteiger charge is -2.42. The number of fused-ring (bicyclic) bond motifs is 3. The van der Waals surface area contributed by atoms with E-state index in [1.54, 1.807) is 36.2 Å². The molecule has 0 bridgehead atoms. The first kappa shape index (κ1) is 19.4. The zero-order valence-electron chi connectivity index (χ0n) is 16.6. The topological polar surface area (TPSA) is 107 Å². The fourth-order valence-electron chi connectivity index (χ4n) is 5.20. The number of benzene rings is 2. The van der Waals surface area contributed by atoms with Crippen molar-refractivity contribution < 1.29 is 18.7 Å². The number of para-hydroxylation sites is 1. The summed E-state index contributed by atoms with van der Waals surface area (Å²) in [5, 5.41) is 24.6. The summed E-state index contributed by atoms with van der Waals surface area (Å²) in [5.74, 6) is -1.06. The summed E-state index contributed by atoms with van der Waals surface area (Å²) in [6.45, 7) is 0.347. The molecule has 3 atom stereocenters. The number of nitriles is 1. The van der Waals surface area contributed by atoms with Crippen molar-refractivity contribution in [3.8, 4) is 6.07 Å². The number of hydrogen-bond donors (Lipinski definition) is 2. The van der Waals surface area contributed by atoms with E-state index in [0.717, 1.165) is 12.3 Å². The van der Waals surface area contributed by atoms with Gasteiger partial charge in [-0.15, -0.1) is 0 Å². The van der Waals surface area contributed by atoms with Crippen molar-refractivity contribution in [1.82, 2.24) is 4.90 Å². The molecule has 1 saturated heterocycles. The Morgan fingerprint density at radius 2 is 2.06 bits per heavy atom. The number of carbonyl (C=O) groups excluding carboxylic acids is 1. The first-order valence-corrected chi connectivity index (χ1v) is 9.79. The van der Waals surface area contributed by atoms with Crippen molar-refractivity contribution in [3.63, 3.8) is 0 Å². The molecule has 1 amide bonds. The number of carbonyl (C=O) groups is 1. The second kappa shape index (κ2) is 6.48. The fraction of sp³-hybridized carbons (Fsp3) is 0.261. The van der Waals surface area contributed by atoms with Crippen LogP contribution in [0.1, 0.15) is 23.7 Å². The summed E-state index contributed by atoms with van der Waals surface area (Å²) >= 11 is 0. The molecule has 3 heterocycles. The van der Waals surface area contributed by atoms with Gasteiger partial charge in [-0.2, -0.15) is 5.26 Å². The lowest BCUT2D eigenvalue weighted by atomic mass is 9.63. The van der Waals surface area contributed by atoms with Gasteiger partial charge < -0.3 is 14.8 Å². The minimum absolute atomic E-state index is 0.0404. The van der Waals surface area contributed by atoms with Gasteiger partial charge in [0, 0.05) is 17.8 Å². The fourth-order valence-corrected chi connectivity index (χ4v) is 5.20. The van der Waals surface area contributed by atoms with Crippen LogP contribution in [0.15, 0.2) is 57.9 Å². The predicted octanol–water partition coefficient (Wildman–Crippen LogP) is 2.66. The Morgan fingerprint density at radius 1 is 1.29 bits per heavy atom. The molecule has 2 aliphatic heterocycles. The van der Waals surface area contributed by atoms with Crippen molar-refractivity contribution in [2.24, 2.45) is 5.41 Å². The molecule has 2 N–H and O–H groups in total. The van der Waals surface area contributed by atoms with Crippen LogP contribution in [0.5, 0.6) is 0 Å². The number of anilines is 1. The lowest BCUT2D eigenvalue weighted by molar-refractivity contribution is -0.134. The number of nitrogens with zero attached hydrogens (tertiary/aromatic N) is 2. The number of nitrogens with one attached hydrogen (secondary N) is 1. The number of likely N-dealkylation sites (tertiary alicyclic amines) is 1. The number of aliphatic hydroxyl groups is 1. The largest absolute Gasteiger partial charge is 0.464 e. The van der Waals surface area contributed by atoms with E-state index in [0.29, 0.717) is 17.8 Å². The maximum atomic E-state index is 13.7. The Balaban J connectivity index is 1.76. The smallest absolute Gasteiger partial charge is 0.251 e. The summed E-state index contributed by atoms with van der Waals surface area (Å²) in [6.07, 6.45) is -0.413. The van der Waals surface area contributed by atoms with Crippen molar-refractivity contribution in [2.45, 2.75) is 18.1 Å². The summed E-state index contributed by atoms with van der Waals surface area (Å²) in [4.78, 5) is 28.2. The van der Waals surface area contributed by atoms with E-state index in [9.17, 15) is 24.3 Å². The van der Waals surface area contributed by atoms with Crippen LogP contribution in [-0.4, -0.2) is 29.5 Å². The molecule has 0 aliphatic carbocycles. The number of amides is 1. The maximum Gasteiger partial charge on any atom is 0.251 e. The average molecular weight is 419 g/mol. The minimum Gasteiger partial charge on any atom is -0.464 e. The van der Waals surface area contributed by atoms with Crippen molar-refractivity contribution in [3.05, 3.63) is 75.9 Å². The zero-order valence-corrected chi connectivity index (χ0v) is 16.6. The summed E-state index contributed by atoms with van der Waals surface area (Å²) in [5.41, 5.74) is -2.71. The Morgan fingerprint density at radius 3 is 2.84 bits per heavy atom. The van der Waals surface area contributed by atoms with E-state index >= 15 is 0 Å². The molecule has 156 valence electrons. The molecule has 1 unspecified atom stereocenters. The van der Waals surface area contributed by atoms with Crippen LogP contribution in [0.2, 0.25) is 0 Å². The van der Waals surface area contributed by atoms with Gasteiger partial charge in [0.15, 0.2) is 5.43 Å². The van der Waals surface area contributed by atoms with E-state index in [4.69, 9.17) is 4.42 Å². The quantitative estimate of drug-likeness (QED) is 0.662. The lowest BCUT2D eigenvalue weighted by Crippen LogP contribution is -2.56. The Hall–Kier alpha value is -3.54. The van der Waals surface area contributed by atoms with Crippen LogP contribution >= 0.6 is 0 Å². The molecule has 0 saturated carbocycles. The minimum atomic E-state index is -1.67. The molecule has 3 aromatic rings. The molecule has 0 radical (unpaired) electrons. The molecule has 1 aromatic heterocycles. The van der Waals surface area contributed by atoms with E-state index in [2.05, 4.69) is 11.4 Å². The third-order valence-corrected chi connectivity index (χ3v) is 6.68. The van der Waals surface area contributed by atoms with Crippen LogP contribution < -0.4 is 10.7 Å². The standard InChI is InChI=1S/C23H18FN3O4/c1-27-9-8-22(12-25,23(27)16-4-2-3-5-17(16)26-21(23)30)20(29)15-11-31-18-7-6-13(24)10-14(18)19(15)28/h2-7,10-11,20,29H,8-9H2,1H3,(H,26,30)/t20?,22-,23-/m0/s1. The first-order chi connectivity index (χ1) is 14.9. The van der Waals surface area contributed by atoms with E-state index in [1.807, 2.05) is 0 Å². The molecule has 8 heteroatoms. The monoisotopic (exact) mass is 419 g/mol. The van der Waals surface area contributed by atoms with Crippen LogP contribution in [0.3, 0.4) is 0 Å². The molecule has 1 spiro atoms. The molecule has 5 rings (SSSR count). The highest BCUT2D eigenvalue weighted by molar-refractivity contribution is 6.07. The summed E-state index contributed by atoms with van der Waals surface area (Å²) < 4.78 is 19.2. The zero-order chi connectivity index (χ0) is 22.0. The van der Waals surface area contributed by atoms with E-state index in [-0.39, 0.29) is 23.0 Å². The molecule has 7 nitrogen and oxygen atoms in total. The number of rotatable bonds is 2. The van der Waals surface area contributed by atoms with Crippen molar-refractivity contribution in [1.29, 1.82) is 5.26 Å². The Kier molecular flexibility index (Phi) is 4.06. The van der Waals surface area contributed by atoms with Crippen molar-refractivity contribution >= 4 is 22.6 Å². The van der Waals surface area contributed by atoms with Gasteiger partial charge in [0.1, 0.15) is 34.7 Å². The van der Waals surface area contributed by atoms with Gasteiger partial charge in [-0.05, 0) is 37.7 Å². The Labute approximate surface area is 176 Å². The van der Waals surface area contributed by atoms with Crippen molar-refractivity contribution in [2.75, 3.05) is 18.9 Å². The molecular weight excluding hydrogens is 401 g/mol. The average Bonchev–Trinajstić information content (AvgIpc) is 3.25. The molecule has 2 aromatic carbocycles. The SMILES string of the molecule is CN1CC[C@](C#N)(C(O)c2coc3ccc(F)cc3c2=O)[C@]12C(=O)Nc1ccccc12. The van der Waals surface area contributed by atoms with Crippen LogP contribution in [0.4, 0.5) is 10.1 Å². The van der Waals surface area contributed by atoms with Gasteiger partial charge in [-0.1, -0.05) is 18.2 Å². The highest BCUT2D eigenvalue weighted by Gasteiger charge is 2.70. The number of halogens is 1. The van der Waals surface area contributed by atoms with Crippen LogP contribution in [0, 0.1) is 22.6 Å².